The highest BCUT2D eigenvalue weighted by molar-refractivity contribution is 9.10. The molecule has 1 aromatic carbocycles. The van der Waals surface area contributed by atoms with Gasteiger partial charge in [0.25, 0.3) is 5.91 Å². The zero-order chi connectivity index (χ0) is 12.6. The van der Waals surface area contributed by atoms with Gasteiger partial charge in [0.15, 0.2) is 0 Å². The average Bonchev–Trinajstić information content (AvgIpc) is 3.04. The third kappa shape index (κ3) is 2.71. The molecule has 0 radical (unpaired) electrons. The molecule has 0 aliphatic heterocycles. The number of halogens is 1. The van der Waals surface area contributed by atoms with Gasteiger partial charge < -0.3 is 5.32 Å². The van der Waals surface area contributed by atoms with Crippen LogP contribution in [0.15, 0.2) is 22.7 Å². The van der Waals surface area contributed by atoms with Crippen molar-refractivity contribution in [1.29, 1.82) is 0 Å². The maximum Gasteiger partial charge on any atom is 0.252 e. The van der Waals surface area contributed by atoms with E-state index in [9.17, 15) is 4.79 Å². The first-order valence-corrected chi connectivity index (χ1v) is 6.79. The van der Waals surface area contributed by atoms with Gasteiger partial charge in [-0.2, -0.15) is 0 Å². The van der Waals surface area contributed by atoms with Crippen molar-refractivity contribution in [2.45, 2.75) is 39.2 Å². The van der Waals surface area contributed by atoms with E-state index in [1.807, 2.05) is 25.1 Å². The zero-order valence-corrected chi connectivity index (χ0v) is 12.1. The van der Waals surface area contributed by atoms with Gasteiger partial charge in [-0.25, -0.2) is 0 Å². The minimum atomic E-state index is -0.0914. The summed E-state index contributed by atoms with van der Waals surface area (Å²) in [6, 6.07) is 5.73. The minimum absolute atomic E-state index is 0.0284. The minimum Gasteiger partial charge on any atom is -0.347 e. The number of rotatable bonds is 3. The van der Waals surface area contributed by atoms with Gasteiger partial charge in [-0.15, -0.1) is 0 Å². The van der Waals surface area contributed by atoms with Crippen LogP contribution in [-0.2, 0) is 0 Å². The van der Waals surface area contributed by atoms with E-state index < -0.39 is 0 Å². The van der Waals surface area contributed by atoms with Crippen LogP contribution in [0.5, 0.6) is 0 Å². The Morgan fingerprint density at radius 1 is 1.41 bits per heavy atom. The number of hydrogen-bond acceptors (Lipinski definition) is 1. The molecular formula is C14H18BrNO. The molecule has 0 saturated heterocycles. The standard InChI is InChI=1S/C14H18BrNO/c1-9-11(5-4-6-12(9)15)13(17)16-14(2,3)10-7-8-10/h4-6,10H,7-8H2,1-3H3,(H,16,17). The highest BCUT2D eigenvalue weighted by Gasteiger charge is 2.38. The van der Waals surface area contributed by atoms with E-state index in [-0.39, 0.29) is 11.4 Å². The first kappa shape index (κ1) is 12.6. The third-order valence-electron chi connectivity index (χ3n) is 3.55. The van der Waals surface area contributed by atoms with Gasteiger partial charge in [0.2, 0.25) is 0 Å². The molecule has 17 heavy (non-hydrogen) atoms. The van der Waals surface area contributed by atoms with E-state index in [0.717, 1.165) is 15.6 Å². The fourth-order valence-corrected chi connectivity index (χ4v) is 2.49. The lowest BCUT2D eigenvalue weighted by atomic mass is 9.97. The van der Waals surface area contributed by atoms with E-state index in [1.54, 1.807) is 0 Å². The summed E-state index contributed by atoms with van der Waals surface area (Å²) in [4.78, 5) is 12.2. The second-order valence-electron chi connectivity index (χ2n) is 5.36. The van der Waals surface area contributed by atoms with Crippen LogP contribution in [0.3, 0.4) is 0 Å². The summed E-state index contributed by atoms with van der Waals surface area (Å²) in [6.07, 6.45) is 2.45. The Labute approximate surface area is 111 Å². The summed E-state index contributed by atoms with van der Waals surface area (Å²) in [6.45, 7) is 6.18. The van der Waals surface area contributed by atoms with Crippen molar-refractivity contribution in [3.8, 4) is 0 Å². The highest BCUT2D eigenvalue weighted by Crippen LogP contribution is 2.39. The molecular weight excluding hydrogens is 278 g/mol. The predicted octanol–water partition coefficient (Wildman–Crippen LogP) is 3.68. The molecule has 0 unspecified atom stereocenters. The van der Waals surface area contributed by atoms with E-state index in [4.69, 9.17) is 0 Å². The first-order chi connectivity index (χ1) is 7.92. The second kappa shape index (κ2) is 4.45. The monoisotopic (exact) mass is 295 g/mol. The Morgan fingerprint density at radius 3 is 2.65 bits per heavy atom. The number of nitrogens with one attached hydrogen (secondary N) is 1. The van der Waals surface area contributed by atoms with E-state index >= 15 is 0 Å². The smallest absolute Gasteiger partial charge is 0.252 e. The van der Waals surface area contributed by atoms with Crippen LogP contribution in [0.25, 0.3) is 0 Å². The fourth-order valence-electron chi connectivity index (χ4n) is 2.12. The van der Waals surface area contributed by atoms with Gasteiger partial charge in [-0.1, -0.05) is 22.0 Å². The van der Waals surface area contributed by atoms with Crippen molar-refractivity contribution in [3.63, 3.8) is 0 Å². The maximum atomic E-state index is 12.2. The summed E-state index contributed by atoms with van der Waals surface area (Å²) in [5.74, 6) is 0.666. The Kier molecular flexibility index (Phi) is 3.30. The van der Waals surface area contributed by atoms with Gasteiger partial charge in [-0.3, -0.25) is 4.79 Å². The molecule has 1 saturated carbocycles. The number of carbonyl (C=O) groups excluding carboxylic acids is 1. The number of amides is 1. The molecule has 3 heteroatoms. The van der Waals surface area contributed by atoms with Crippen molar-refractivity contribution < 1.29 is 4.79 Å². The van der Waals surface area contributed by atoms with E-state index in [0.29, 0.717) is 5.92 Å². The SMILES string of the molecule is Cc1c(Br)cccc1C(=O)NC(C)(C)C1CC1. The summed E-state index contributed by atoms with van der Waals surface area (Å²) in [5, 5.41) is 3.14. The van der Waals surface area contributed by atoms with Crippen molar-refractivity contribution >= 4 is 21.8 Å². The van der Waals surface area contributed by atoms with Gasteiger partial charge in [0.05, 0.1) is 0 Å². The summed E-state index contributed by atoms with van der Waals surface area (Å²) < 4.78 is 0.981. The molecule has 0 bridgehead atoms. The molecule has 0 aromatic heterocycles. The topological polar surface area (TPSA) is 29.1 Å². The third-order valence-corrected chi connectivity index (χ3v) is 4.41. The Morgan fingerprint density at radius 2 is 2.06 bits per heavy atom. The quantitative estimate of drug-likeness (QED) is 0.906. The van der Waals surface area contributed by atoms with E-state index in [1.165, 1.54) is 12.8 Å². The lowest BCUT2D eigenvalue weighted by Gasteiger charge is -2.26. The molecule has 0 atom stereocenters. The zero-order valence-electron chi connectivity index (χ0n) is 10.5. The lowest BCUT2D eigenvalue weighted by molar-refractivity contribution is 0.0902. The van der Waals surface area contributed by atoms with Crippen molar-refractivity contribution in [2.24, 2.45) is 5.92 Å². The van der Waals surface area contributed by atoms with Crippen LogP contribution in [0.1, 0.15) is 42.6 Å². The molecule has 1 aromatic rings. The van der Waals surface area contributed by atoms with Crippen molar-refractivity contribution in [2.75, 3.05) is 0 Å². The summed E-state index contributed by atoms with van der Waals surface area (Å²) in [5.41, 5.74) is 1.66. The Hall–Kier alpha value is -0.830. The van der Waals surface area contributed by atoms with Gasteiger partial charge in [0.1, 0.15) is 0 Å². The van der Waals surface area contributed by atoms with Crippen LogP contribution < -0.4 is 5.32 Å². The van der Waals surface area contributed by atoms with Crippen LogP contribution in [0.4, 0.5) is 0 Å². The number of carbonyl (C=O) groups is 1. The largest absolute Gasteiger partial charge is 0.347 e. The molecule has 92 valence electrons. The van der Waals surface area contributed by atoms with Crippen LogP contribution in [-0.4, -0.2) is 11.4 Å². The summed E-state index contributed by atoms with van der Waals surface area (Å²) in [7, 11) is 0. The molecule has 1 amide bonds. The Bertz CT molecular complexity index is 450. The van der Waals surface area contributed by atoms with Crippen molar-refractivity contribution in [1.82, 2.24) is 5.32 Å². The number of benzene rings is 1. The Balaban J connectivity index is 2.17. The van der Waals surface area contributed by atoms with Gasteiger partial charge in [-0.05, 0) is 57.2 Å². The molecule has 2 nitrogen and oxygen atoms in total. The van der Waals surface area contributed by atoms with Gasteiger partial charge >= 0.3 is 0 Å². The first-order valence-electron chi connectivity index (χ1n) is 5.99. The summed E-state index contributed by atoms with van der Waals surface area (Å²) >= 11 is 3.46. The normalized spacial score (nSPS) is 15.8. The average molecular weight is 296 g/mol. The lowest BCUT2D eigenvalue weighted by Crippen LogP contribution is -2.45. The fraction of sp³-hybridized carbons (Fsp3) is 0.500. The molecule has 0 heterocycles. The highest BCUT2D eigenvalue weighted by atomic mass is 79.9. The van der Waals surface area contributed by atoms with Crippen LogP contribution >= 0.6 is 15.9 Å². The molecule has 1 N–H and O–H groups in total. The molecule has 1 aliphatic rings. The van der Waals surface area contributed by atoms with E-state index in [2.05, 4.69) is 35.1 Å². The molecule has 1 aliphatic carbocycles. The predicted molar refractivity (Wildman–Crippen MR) is 73.1 cm³/mol. The van der Waals surface area contributed by atoms with Crippen LogP contribution in [0.2, 0.25) is 0 Å². The molecule has 1 fully saturated rings. The molecule has 2 rings (SSSR count). The molecule has 0 spiro atoms. The van der Waals surface area contributed by atoms with Gasteiger partial charge in [0, 0.05) is 15.6 Å². The second-order valence-corrected chi connectivity index (χ2v) is 6.22. The van der Waals surface area contributed by atoms with Crippen molar-refractivity contribution in [3.05, 3.63) is 33.8 Å². The number of hydrogen-bond donors (Lipinski definition) is 1. The maximum absolute atomic E-state index is 12.2. The van der Waals surface area contributed by atoms with Crippen LogP contribution in [0, 0.1) is 12.8 Å².